The van der Waals surface area contributed by atoms with E-state index < -0.39 is 11.7 Å². The minimum atomic E-state index is -0.611. The fraction of sp³-hybridized carbons (Fsp3) is 0.792. The molecule has 0 bridgehead atoms. The number of esters is 2. The Balaban J connectivity index is 1.62. The van der Waals surface area contributed by atoms with Crippen LogP contribution in [0.3, 0.4) is 0 Å². The zero-order chi connectivity index (χ0) is 21.5. The molecule has 6 nitrogen and oxygen atoms in total. The second kappa shape index (κ2) is 6.41. The van der Waals surface area contributed by atoms with E-state index in [0.717, 1.165) is 18.4 Å². The van der Waals surface area contributed by atoms with Crippen molar-refractivity contribution in [3.8, 4) is 0 Å². The van der Waals surface area contributed by atoms with Crippen molar-refractivity contribution < 1.29 is 29.0 Å². The lowest BCUT2D eigenvalue weighted by atomic mass is 9.43. The van der Waals surface area contributed by atoms with Gasteiger partial charge in [0, 0.05) is 18.3 Å². The Hall–Kier alpha value is -1.69. The minimum absolute atomic E-state index is 0.0415. The normalized spacial score (nSPS) is 49.7. The number of allylic oxidation sites excluding steroid dienone is 1. The van der Waals surface area contributed by atoms with E-state index in [1.54, 1.807) is 6.08 Å². The minimum Gasteiger partial charge on any atom is -0.469 e. The number of methoxy groups -OCH3 is 1. The van der Waals surface area contributed by atoms with Crippen molar-refractivity contribution in [2.45, 2.75) is 76.9 Å². The van der Waals surface area contributed by atoms with Crippen molar-refractivity contribution in [1.29, 1.82) is 0 Å². The predicted octanol–water partition coefficient (Wildman–Crippen LogP) is 2.96. The van der Waals surface area contributed by atoms with Crippen molar-refractivity contribution in [1.82, 2.24) is 0 Å². The molecule has 0 aromatic rings. The maximum atomic E-state index is 12.9. The molecule has 1 saturated heterocycles. The van der Waals surface area contributed by atoms with E-state index in [0.29, 0.717) is 38.5 Å². The van der Waals surface area contributed by atoms with Gasteiger partial charge < -0.3 is 14.6 Å². The van der Waals surface area contributed by atoms with Gasteiger partial charge in [-0.05, 0) is 67.8 Å². The van der Waals surface area contributed by atoms with Gasteiger partial charge in [-0.15, -0.1) is 0 Å². The number of hydrogen-bond acceptors (Lipinski definition) is 6. The summed E-state index contributed by atoms with van der Waals surface area (Å²) in [5.74, 6) is -0.636. The molecule has 1 aliphatic heterocycles. The Labute approximate surface area is 177 Å². The van der Waals surface area contributed by atoms with Crippen LogP contribution in [0.15, 0.2) is 11.6 Å². The first-order valence-electron chi connectivity index (χ1n) is 11.4. The molecule has 0 aromatic heterocycles. The number of carbonyl (C=O) groups excluding carboxylic acids is 3. The maximum Gasteiger partial charge on any atom is 0.309 e. The molecule has 5 aliphatic rings. The molecule has 0 amide bonds. The van der Waals surface area contributed by atoms with Gasteiger partial charge in [-0.1, -0.05) is 19.4 Å². The summed E-state index contributed by atoms with van der Waals surface area (Å²) >= 11 is 0. The van der Waals surface area contributed by atoms with Crippen LogP contribution in [0.25, 0.3) is 0 Å². The van der Waals surface area contributed by atoms with Crippen LogP contribution in [-0.2, 0) is 23.9 Å². The Morgan fingerprint density at radius 2 is 1.97 bits per heavy atom. The molecule has 164 valence electrons. The van der Waals surface area contributed by atoms with Crippen LogP contribution < -0.4 is 0 Å². The zero-order valence-electron chi connectivity index (χ0n) is 18.1. The Kier molecular flexibility index (Phi) is 4.32. The Morgan fingerprint density at radius 1 is 1.20 bits per heavy atom. The van der Waals surface area contributed by atoms with Gasteiger partial charge in [0.05, 0.1) is 19.1 Å². The van der Waals surface area contributed by atoms with Gasteiger partial charge in [-0.2, -0.15) is 0 Å². The number of aliphatic hydroxyl groups excluding tert-OH is 1. The molecule has 1 spiro atoms. The van der Waals surface area contributed by atoms with E-state index in [1.807, 2.05) is 0 Å². The van der Waals surface area contributed by atoms with Crippen LogP contribution in [0.4, 0.5) is 0 Å². The van der Waals surface area contributed by atoms with E-state index in [2.05, 4.69) is 13.8 Å². The topological polar surface area (TPSA) is 89.9 Å². The first-order chi connectivity index (χ1) is 14.1. The third kappa shape index (κ3) is 2.43. The molecule has 6 unspecified atom stereocenters. The second-order valence-corrected chi connectivity index (χ2v) is 10.8. The largest absolute Gasteiger partial charge is 0.469 e. The number of hydrogen-bond donors (Lipinski definition) is 1. The molecule has 4 aliphatic carbocycles. The van der Waals surface area contributed by atoms with Gasteiger partial charge in [-0.25, -0.2) is 0 Å². The van der Waals surface area contributed by atoms with E-state index in [1.165, 1.54) is 7.11 Å². The lowest BCUT2D eigenvalue weighted by Crippen LogP contribution is -2.62. The summed E-state index contributed by atoms with van der Waals surface area (Å²) in [6, 6.07) is 0. The first-order valence-corrected chi connectivity index (χ1v) is 11.4. The highest BCUT2D eigenvalue weighted by Crippen LogP contribution is 2.70. The summed E-state index contributed by atoms with van der Waals surface area (Å²) in [5.41, 5.74) is -0.168. The third-order valence-corrected chi connectivity index (χ3v) is 9.79. The van der Waals surface area contributed by atoms with Crippen LogP contribution in [0, 0.1) is 34.5 Å². The van der Waals surface area contributed by atoms with Gasteiger partial charge in [0.2, 0.25) is 0 Å². The highest BCUT2D eigenvalue weighted by atomic mass is 16.6. The second-order valence-electron chi connectivity index (χ2n) is 10.8. The lowest BCUT2D eigenvalue weighted by molar-refractivity contribution is -0.197. The summed E-state index contributed by atoms with van der Waals surface area (Å²) < 4.78 is 11.2. The SMILES string of the molecule is COC(=O)C1CC2=CC(=O)CCC2(C)C2C1C1CC[C@]3(CCC(=O)O3)C1(C)C[C@@H]2O. The van der Waals surface area contributed by atoms with Gasteiger partial charge >= 0.3 is 11.9 Å². The van der Waals surface area contributed by atoms with Gasteiger partial charge in [0.25, 0.3) is 0 Å². The monoisotopic (exact) mass is 416 g/mol. The average molecular weight is 417 g/mol. The molecule has 30 heavy (non-hydrogen) atoms. The maximum absolute atomic E-state index is 12.9. The van der Waals surface area contributed by atoms with Crippen LogP contribution in [-0.4, -0.2) is 41.6 Å². The standard InChI is InChI=1S/C24H32O6/c1-22-7-4-14(25)10-13(22)11-15(21(28)29-3)19-16-5-8-24(9-6-18(27)30-24)23(16,2)12-17(26)20(19)22/h10,15-17,19-20,26H,4-9,11-12H2,1-3H3/t15?,16?,17-,19?,20?,22?,23?,24-/m0/s1. The van der Waals surface area contributed by atoms with Crippen molar-refractivity contribution >= 4 is 17.7 Å². The van der Waals surface area contributed by atoms with Crippen molar-refractivity contribution in [3.63, 3.8) is 0 Å². The van der Waals surface area contributed by atoms with Crippen molar-refractivity contribution in [2.24, 2.45) is 34.5 Å². The third-order valence-electron chi connectivity index (χ3n) is 9.79. The van der Waals surface area contributed by atoms with E-state index in [9.17, 15) is 19.5 Å². The number of fused-ring (bicyclic) bond motifs is 6. The zero-order valence-corrected chi connectivity index (χ0v) is 18.1. The van der Waals surface area contributed by atoms with Crippen LogP contribution in [0.5, 0.6) is 0 Å². The molecular weight excluding hydrogens is 384 g/mol. The van der Waals surface area contributed by atoms with Crippen LogP contribution >= 0.6 is 0 Å². The van der Waals surface area contributed by atoms with Gasteiger partial charge in [0.1, 0.15) is 5.60 Å². The predicted molar refractivity (Wildman–Crippen MR) is 107 cm³/mol. The first kappa shape index (κ1) is 20.2. The lowest BCUT2D eigenvalue weighted by Gasteiger charge is -2.62. The summed E-state index contributed by atoms with van der Waals surface area (Å²) in [4.78, 5) is 37.2. The molecule has 1 heterocycles. The molecule has 3 saturated carbocycles. The van der Waals surface area contributed by atoms with Crippen molar-refractivity contribution in [2.75, 3.05) is 7.11 Å². The molecule has 4 fully saturated rings. The van der Waals surface area contributed by atoms with E-state index in [-0.39, 0.29) is 52.2 Å². The number of rotatable bonds is 1. The fourth-order valence-corrected chi connectivity index (χ4v) is 8.35. The molecule has 0 aromatic carbocycles. The van der Waals surface area contributed by atoms with Crippen molar-refractivity contribution in [3.05, 3.63) is 11.6 Å². The Bertz CT molecular complexity index is 847. The highest BCUT2D eigenvalue weighted by Gasteiger charge is 2.71. The number of ketones is 1. The highest BCUT2D eigenvalue weighted by molar-refractivity contribution is 5.92. The van der Waals surface area contributed by atoms with Gasteiger partial charge in [0.15, 0.2) is 5.78 Å². The van der Waals surface area contributed by atoms with Crippen LogP contribution in [0.1, 0.15) is 65.2 Å². The van der Waals surface area contributed by atoms with E-state index in [4.69, 9.17) is 9.47 Å². The molecule has 8 atom stereocenters. The average Bonchev–Trinajstić information content (AvgIpc) is 3.21. The molecule has 5 rings (SSSR count). The fourth-order valence-electron chi connectivity index (χ4n) is 8.35. The van der Waals surface area contributed by atoms with Crippen LogP contribution in [0.2, 0.25) is 0 Å². The smallest absolute Gasteiger partial charge is 0.309 e. The molecule has 6 heteroatoms. The molecular formula is C24H32O6. The summed E-state index contributed by atoms with van der Waals surface area (Å²) in [5, 5.41) is 11.6. The molecule has 1 N–H and O–H groups in total. The van der Waals surface area contributed by atoms with E-state index >= 15 is 0 Å². The summed E-state index contributed by atoms with van der Waals surface area (Å²) in [6.07, 6.45) is 6.21. The molecule has 0 radical (unpaired) electrons. The number of carbonyl (C=O) groups is 3. The number of aliphatic hydroxyl groups is 1. The van der Waals surface area contributed by atoms with Gasteiger partial charge in [-0.3, -0.25) is 14.4 Å². The quantitative estimate of drug-likeness (QED) is 0.661. The number of ether oxygens (including phenoxy) is 2. The summed E-state index contributed by atoms with van der Waals surface area (Å²) in [7, 11) is 1.42. The summed E-state index contributed by atoms with van der Waals surface area (Å²) in [6.45, 7) is 4.33. The Morgan fingerprint density at radius 3 is 2.63 bits per heavy atom.